The van der Waals surface area contributed by atoms with Crippen molar-refractivity contribution in [3.63, 3.8) is 0 Å². The second-order valence-corrected chi connectivity index (χ2v) is 5.16. The Morgan fingerprint density at radius 3 is 2.05 bits per heavy atom. The van der Waals surface area contributed by atoms with Gasteiger partial charge in [-0.05, 0) is 30.4 Å². The van der Waals surface area contributed by atoms with Crippen molar-refractivity contribution >= 4 is 0 Å². The molecular formula is C15H21F3O. The lowest BCUT2D eigenvalue weighted by atomic mass is 9.89. The van der Waals surface area contributed by atoms with Crippen LogP contribution in [0.2, 0.25) is 0 Å². The van der Waals surface area contributed by atoms with Gasteiger partial charge in [0.05, 0.1) is 12.0 Å². The molecule has 0 heterocycles. The van der Waals surface area contributed by atoms with Crippen LogP contribution >= 0.6 is 0 Å². The molecule has 1 nitrogen and oxygen atoms in total. The molecule has 0 amide bonds. The lowest BCUT2D eigenvalue weighted by Crippen LogP contribution is -2.31. The van der Waals surface area contributed by atoms with Crippen LogP contribution in [0.5, 0.6) is 0 Å². The van der Waals surface area contributed by atoms with Crippen LogP contribution < -0.4 is 0 Å². The average Bonchev–Trinajstić information content (AvgIpc) is 2.36. The molecule has 4 heteroatoms. The molecule has 2 unspecified atom stereocenters. The first-order valence-electron chi connectivity index (χ1n) is 6.44. The number of benzene rings is 1. The van der Waals surface area contributed by atoms with Gasteiger partial charge in [-0.15, -0.1) is 0 Å². The minimum absolute atomic E-state index is 0.408. The first-order valence-corrected chi connectivity index (χ1v) is 6.44. The number of hydrogen-bond acceptors (Lipinski definition) is 1. The summed E-state index contributed by atoms with van der Waals surface area (Å²) in [5.74, 6) is 0.408. The normalized spacial score (nSPS) is 17.0. The van der Waals surface area contributed by atoms with Crippen LogP contribution in [0.1, 0.15) is 50.7 Å². The summed E-state index contributed by atoms with van der Waals surface area (Å²) in [6.45, 7) is 5.65. The highest BCUT2D eigenvalue weighted by Gasteiger charge is 2.40. The zero-order chi connectivity index (χ0) is 14.7. The zero-order valence-corrected chi connectivity index (χ0v) is 11.8. The summed E-state index contributed by atoms with van der Waals surface area (Å²) in [5, 5.41) is 0. The Kier molecular flexibility index (Phi) is 5.02. The fourth-order valence-corrected chi connectivity index (χ4v) is 2.07. The Hall–Kier alpha value is -1.03. The molecule has 2 atom stereocenters. The third-order valence-corrected chi connectivity index (χ3v) is 3.69. The molecule has 108 valence electrons. The maximum absolute atomic E-state index is 12.6. The number of hydrogen-bond donors (Lipinski definition) is 0. The molecular weight excluding hydrogens is 253 g/mol. The Bertz CT molecular complexity index is 397. The standard InChI is InChI=1S/C15H21F3O/c1-5-11(2)12-6-8-13(9-7-12)14(3,19-4)10-15(16,17)18/h6-9,11H,5,10H2,1-4H3. The smallest absolute Gasteiger partial charge is 0.373 e. The fraction of sp³-hybridized carbons (Fsp3) is 0.600. The molecule has 0 bridgehead atoms. The van der Waals surface area contributed by atoms with Gasteiger partial charge in [-0.3, -0.25) is 0 Å². The van der Waals surface area contributed by atoms with Gasteiger partial charge in [-0.25, -0.2) is 0 Å². The predicted molar refractivity (Wildman–Crippen MR) is 70.2 cm³/mol. The molecule has 0 aromatic heterocycles. The maximum atomic E-state index is 12.6. The summed E-state index contributed by atoms with van der Waals surface area (Å²) in [5.41, 5.74) is 0.364. The van der Waals surface area contributed by atoms with Crippen molar-refractivity contribution in [3.8, 4) is 0 Å². The van der Waals surface area contributed by atoms with E-state index in [4.69, 9.17) is 4.74 Å². The monoisotopic (exact) mass is 274 g/mol. The van der Waals surface area contributed by atoms with E-state index in [1.807, 2.05) is 12.1 Å². The average molecular weight is 274 g/mol. The minimum atomic E-state index is -4.25. The summed E-state index contributed by atoms with van der Waals surface area (Å²) < 4.78 is 42.9. The molecule has 0 fully saturated rings. The van der Waals surface area contributed by atoms with Crippen LogP contribution in [0.3, 0.4) is 0 Å². The third kappa shape index (κ3) is 4.23. The molecule has 0 N–H and O–H groups in total. The molecule has 0 aliphatic rings. The van der Waals surface area contributed by atoms with Crippen molar-refractivity contribution in [1.29, 1.82) is 0 Å². The topological polar surface area (TPSA) is 9.23 Å². The second kappa shape index (κ2) is 5.95. The van der Waals surface area contributed by atoms with E-state index in [9.17, 15) is 13.2 Å². The quantitative estimate of drug-likeness (QED) is 0.733. The maximum Gasteiger partial charge on any atom is 0.392 e. The van der Waals surface area contributed by atoms with E-state index in [-0.39, 0.29) is 0 Å². The van der Waals surface area contributed by atoms with Crippen LogP contribution in [-0.4, -0.2) is 13.3 Å². The summed E-state index contributed by atoms with van der Waals surface area (Å²) in [4.78, 5) is 0. The van der Waals surface area contributed by atoms with Gasteiger partial charge in [0.15, 0.2) is 0 Å². The lowest BCUT2D eigenvalue weighted by molar-refractivity contribution is -0.181. The first kappa shape index (κ1) is 16.0. The third-order valence-electron chi connectivity index (χ3n) is 3.69. The van der Waals surface area contributed by atoms with Crippen molar-refractivity contribution < 1.29 is 17.9 Å². The van der Waals surface area contributed by atoms with Crippen LogP contribution in [0.15, 0.2) is 24.3 Å². The summed E-state index contributed by atoms with van der Waals surface area (Å²) in [7, 11) is 1.31. The number of ether oxygens (including phenoxy) is 1. The van der Waals surface area contributed by atoms with Gasteiger partial charge in [-0.1, -0.05) is 38.1 Å². The summed E-state index contributed by atoms with van der Waals surface area (Å²) in [6.07, 6.45) is -4.23. The number of halogens is 3. The largest absolute Gasteiger partial charge is 0.392 e. The van der Waals surface area contributed by atoms with E-state index in [1.54, 1.807) is 12.1 Å². The molecule has 0 aliphatic carbocycles. The molecule has 0 saturated heterocycles. The summed E-state index contributed by atoms with van der Waals surface area (Å²) in [6, 6.07) is 7.24. The lowest BCUT2D eigenvalue weighted by Gasteiger charge is -2.30. The van der Waals surface area contributed by atoms with Crippen LogP contribution in [-0.2, 0) is 10.3 Å². The Labute approximate surface area is 112 Å². The van der Waals surface area contributed by atoms with Gasteiger partial charge in [0.1, 0.15) is 0 Å². The molecule has 1 aromatic rings. The van der Waals surface area contributed by atoms with Crippen LogP contribution in [0.25, 0.3) is 0 Å². The predicted octanol–water partition coefficient (Wildman–Crippen LogP) is 5.01. The molecule has 0 radical (unpaired) electrons. The van der Waals surface area contributed by atoms with Crippen LogP contribution in [0, 0.1) is 0 Å². The Morgan fingerprint density at radius 1 is 1.16 bits per heavy atom. The highest BCUT2D eigenvalue weighted by Crippen LogP contribution is 2.37. The Balaban J connectivity index is 2.99. The van der Waals surface area contributed by atoms with E-state index < -0.39 is 18.2 Å². The van der Waals surface area contributed by atoms with Crippen molar-refractivity contribution in [1.82, 2.24) is 0 Å². The Morgan fingerprint density at radius 2 is 1.68 bits per heavy atom. The SMILES string of the molecule is CCC(C)c1ccc(C(C)(CC(F)(F)F)OC)cc1. The van der Waals surface area contributed by atoms with Gasteiger partial charge >= 0.3 is 6.18 Å². The molecule has 0 saturated carbocycles. The van der Waals surface area contributed by atoms with Crippen molar-refractivity contribution in [3.05, 3.63) is 35.4 Å². The van der Waals surface area contributed by atoms with Gasteiger partial charge in [0.2, 0.25) is 0 Å². The number of alkyl halides is 3. The van der Waals surface area contributed by atoms with Gasteiger partial charge < -0.3 is 4.74 Å². The van der Waals surface area contributed by atoms with E-state index >= 15 is 0 Å². The number of methoxy groups -OCH3 is 1. The molecule has 19 heavy (non-hydrogen) atoms. The number of rotatable bonds is 5. The van der Waals surface area contributed by atoms with Crippen molar-refractivity contribution in [2.45, 2.75) is 51.3 Å². The van der Waals surface area contributed by atoms with E-state index in [1.165, 1.54) is 14.0 Å². The van der Waals surface area contributed by atoms with Crippen molar-refractivity contribution in [2.75, 3.05) is 7.11 Å². The van der Waals surface area contributed by atoms with E-state index in [0.29, 0.717) is 11.5 Å². The van der Waals surface area contributed by atoms with E-state index in [2.05, 4.69) is 13.8 Å². The zero-order valence-electron chi connectivity index (χ0n) is 11.8. The highest BCUT2D eigenvalue weighted by atomic mass is 19.4. The van der Waals surface area contributed by atoms with Crippen molar-refractivity contribution in [2.24, 2.45) is 0 Å². The first-order chi connectivity index (χ1) is 8.72. The van der Waals surface area contributed by atoms with Crippen LogP contribution in [0.4, 0.5) is 13.2 Å². The van der Waals surface area contributed by atoms with E-state index in [0.717, 1.165) is 12.0 Å². The minimum Gasteiger partial charge on any atom is -0.373 e. The highest BCUT2D eigenvalue weighted by molar-refractivity contribution is 5.29. The second-order valence-electron chi connectivity index (χ2n) is 5.16. The summed E-state index contributed by atoms with van der Waals surface area (Å²) >= 11 is 0. The molecule has 1 rings (SSSR count). The van der Waals surface area contributed by atoms with Gasteiger partial charge in [0.25, 0.3) is 0 Å². The van der Waals surface area contributed by atoms with Gasteiger partial charge in [-0.2, -0.15) is 13.2 Å². The van der Waals surface area contributed by atoms with Gasteiger partial charge in [0, 0.05) is 7.11 Å². The molecule has 0 aliphatic heterocycles. The molecule has 0 spiro atoms. The molecule has 1 aromatic carbocycles. The fourth-order valence-electron chi connectivity index (χ4n) is 2.07.